The quantitative estimate of drug-likeness (QED) is 0.541. The van der Waals surface area contributed by atoms with Crippen LogP contribution in [0.2, 0.25) is 0 Å². The molecule has 2 aromatic heterocycles. The number of hydrogen-bond acceptors (Lipinski definition) is 4. The summed E-state index contributed by atoms with van der Waals surface area (Å²) in [6, 6.07) is 15.2. The maximum absolute atomic E-state index is 12.1. The standard InChI is InChI=1S/C21H22N4O2/c1-15-12-18(16(2)25(15)20-6-4-5-11-22-20)14-23-24-21(26)13-17-7-9-19(27-3)10-8-17/h4-12,14H,13H2,1-3H3,(H,24,26)/b23-14+. The molecule has 6 nitrogen and oxygen atoms in total. The Bertz CT molecular complexity index is 944. The number of amides is 1. The molecule has 0 saturated carbocycles. The predicted octanol–water partition coefficient (Wildman–Crippen LogP) is 3.19. The maximum atomic E-state index is 12.1. The van der Waals surface area contributed by atoms with E-state index in [4.69, 9.17) is 4.74 Å². The van der Waals surface area contributed by atoms with E-state index in [1.165, 1.54) is 0 Å². The van der Waals surface area contributed by atoms with E-state index >= 15 is 0 Å². The molecule has 0 saturated heterocycles. The minimum absolute atomic E-state index is 0.171. The lowest BCUT2D eigenvalue weighted by molar-refractivity contribution is -0.120. The zero-order chi connectivity index (χ0) is 19.2. The van der Waals surface area contributed by atoms with Crippen molar-refractivity contribution in [3.8, 4) is 11.6 Å². The summed E-state index contributed by atoms with van der Waals surface area (Å²) in [5.41, 5.74) is 6.48. The Labute approximate surface area is 158 Å². The van der Waals surface area contributed by atoms with E-state index in [-0.39, 0.29) is 12.3 Å². The van der Waals surface area contributed by atoms with Gasteiger partial charge in [0.15, 0.2) is 0 Å². The molecular formula is C21H22N4O2. The number of hydrogen-bond donors (Lipinski definition) is 1. The van der Waals surface area contributed by atoms with Gasteiger partial charge in [-0.25, -0.2) is 10.4 Å². The number of methoxy groups -OCH3 is 1. The van der Waals surface area contributed by atoms with Crippen LogP contribution in [0.3, 0.4) is 0 Å². The Kier molecular flexibility index (Phi) is 5.66. The lowest BCUT2D eigenvalue weighted by atomic mass is 10.1. The summed E-state index contributed by atoms with van der Waals surface area (Å²) in [7, 11) is 1.61. The normalized spacial score (nSPS) is 10.9. The molecule has 0 aliphatic heterocycles. The third-order valence-electron chi connectivity index (χ3n) is 4.27. The van der Waals surface area contributed by atoms with Gasteiger partial charge in [0, 0.05) is 23.1 Å². The van der Waals surface area contributed by atoms with E-state index in [0.717, 1.165) is 34.1 Å². The third-order valence-corrected chi connectivity index (χ3v) is 4.27. The molecule has 0 atom stereocenters. The van der Waals surface area contributed by atoms with Crippen LogP contribution in [0, 0.1) is 13.8 Å². The molecule has 3 aromatic rings. The van der Waals surface area contributed by atoms with E-state index < -0.39 is 0 Å². The van der Waals surface area contributed by atoms with Gasteiger partial charge in [0.2, 0.25) is 5.91 Å². The fourth-order valence-corrected chi connectivity index (χ4v) is 2.90. The van der Waals surface area contributed by atoms with Crippen molar-refractivity contribution in [1.29, 1.82) is 0 Å². The number of nitrogens with zero attached hydrogens (tertiary/aromatic N) is 3. The molecule has 6 heteroatoms. The summed E-state index contributed by atoms with van der Waals surface area (Å²) in [5, 5.41) is 4.10. The zero-order valence-corrected chi connectivity index (χ0v) is 15.6. The number of ether oxygens (including phenoxy) is 1. The number of nitrogens with one attached hydrogen (secondary N) is 1. The average molecular weight is 362 g/mol. The highest BCUT2D eigenvalue weighted by molar-refractivity contribution is 5.84. The first-order valence-corrected chi connectivity index (χ1v) is 8.63. The molecule has 3 rings (SSSR count). The first kappa shape index (κ1) is 18.4. The number of aryl methyl sites for hydroxylation is 1. The molecule has 1 aromatic carbocycles. The first-order valence-electron chi connectivity index (χ1n) is 8.63. The Morgan fingerprint density at radius 3 is 2.67 bits per heavy atom. The van der Waals surface area contributed by atoms with Crippen molar-refractivity contribution in [1.82, 2.24) is 15.0 Å². The molecule has 0 spiro atoms. The minimum Gasteiger partial charge on any atom is -0.497 e. The molecule has 0 aliphatic rings. The Balaban J connectivity index is 1.65. The molecule has 0 fully saturated rings. The molecule has 138 valence electrons. The molecule has 1 N–H and O–H groups in total. The summed E-state index contributed by atoms with van der Waals surface area (Å²) in [6.07, 6.45) is 3.68. The van der Waals surface area contributed by atoms with Crippen molar-refractivity contribution in [3.05, 3.63) is 77.2 Å². The van der Waals surface area contributed by atoms with Crippen LogP contribution in [0.4, 0.5) is 0 Å². The lowest BCUT2D eigenvalue weighted by Crippen LogP contribution is -2.19. The minimum atomic E-state index is -0.171. The monoisotopic (exact) mass is 362 g/mol. The Hall–Kier alpha value is -3.41. The van der Waals surface area contributed by atoms with Crippen molar-refractivity contribution in [3.63, 3.8) is 0 Å². The molecule has 0 aliphatic carbocycles. The molecule has 0 bridgehead atoms. The van der Waals surface area contributed by atoms with Crippen LogP contribution in [0.15, 0.2) is 59.8 Å². The van der Waals surface area contributed by atoms with Gasteiger partial charge in [-0.05, 0) is 49.7 Å². The number of pyridine rings is 1. The van der Waals surface area contributed by atoms with Crippen molar-refractivity contribution in [2.45, 2.75) is 20.3 Å². The molecule has 0 unspecified atom stereocenters. The summed E-state index contributed by atoms with van der Waals surface area (Å²) < 4.78 is 7.17. The van der Waals surface area contributed by atoms with Crippen molar-refractivity contribution >= 4 is 12.1 Å². The fraction of sp³-hybridized carbons (Fsp3) is 0.190. The van der Waals surface area contributed by atoms with E-state index in [9.17, 15) is 4.79 Å². The van der Waals surface area contributed by atoms with Gasteiger partial charge < -0.3 is 9.30 Å². The van der Waals surface area contributed by atoms with Crippen LogP contribution < -0.4 is 10.2 Å². The highest BCUT2D eigenvalue weighted by atomic mass is 16.5. The molecule has 2 heterocycles. The first-order chi connectivity index (χ1) is 13.1. The Morgan fingerprint density at radius 2 is 2.00 bits per heavy atom. The van der Waals surface area contributed by atoms with Gasteiger partial charge in [-0.3, -0.25) is 4.79 Å². The van der Waals surface area contributed by atoms with Gasteiger partial charge in [0.05, 0.1) is 19.7 Å². The summed E-state index contributed by atoms with van der Waals surface area (Å²) >= 11 is 0. The summed E-state index contributed by atoms with van der Waals surface area (Å²) in [5.74, 6) is 1.45. The van der Waals surface area contributed by atoms with E-state index in [2.05, 4.69) is 20.1 Å². The molecule has 1 amide bonds. The summed E-state index contributed by atoms with van der Waals surface area (Å²) in [6.45, 7) is 4.02. The van der Waals surface area contributed by atoms with Crippen LogP contribution in [-0.2, 0) is 11.2 Å². The van der Waals surface area contributed by atoms with E-state index in [1.807, 2.05) is 62.4 Å². The lowest BCUT2D eigenvalue weighted by Gasteiger charge is -2.07. The maximum Gasteiger partial charge on any atom is 0.244 e. The van der Waals surface area contributed by atoms with Crippen LogP contribution in [0.25, 0.3) is 5.82 Å². The molecule has 0 radical (unpaired) electrons. The van der Waals surface area contributed by atoms with E-state index in [0.29, 0.717) is 0 Å². The topological polar surface area (TPSA) is 68.5 Å². The largest absolute Gasteiger partial charge is 0.497 e. The highest BCUT2D eigenvalue weighted by Gasteiger charge is 2.10. The van der Waals surface area contributed by atoms with Crippen LogP contribution >= 0.6 is 0 Å². The number of hydrazone groups is 1. The van der Waals surface area contributed by atoms with Gasteiger partial charge in [0.25, 0.3) is 0 Å². The SMILES string of the molecule is COc1ccc(CC(=O)N/N=C/c2cc(C)n(-c3ccccn3)c2C)cc1. The van der Waals surface area contributed by atoms with Gasteiger partial charge in [-0.1, -0.05) is 18.2 Å². The molecule has 27 heavy (non-hydrogen) atoms. The summed E-state index contributed by atoms with van der Waals surface area (Å²) in [4.78, 5) is 16.5. The number of carbonyl (C=O) groups is 1. The zero-order valence-electron chi connectivity index (χ0n) is 15.6. The predicted molar refractivity (Wildman–Crippen MR) is 105 cm³/mol. The smallest absolute Gasteiger partial charge is 0.244 e. The number of benzene rings is 1. The number of rotatable bonds is 6. The van der Waals surface area contributed by atoms with Crippen molar-refractivity contribution in [2.24, 2.45) is 5.10 Å². The Morgan fingerprint density at radius 1 is 1.22 bits per heavy atom. The van der Waals surface area contributed by atoms with Crippen molar-refractivity contribution in [2.75, 3.05) is 7.11 Å². The fourth-order valence-electron chi connectivity index (χ4n) is 2.90. The number of carbonyl (C=O) groups excluding carboxylic acids is 1. The molecular weight excluding hydrogens is 340 g/mol. The van der Waals surface area contributed by atoms with Gasteiger partial charge in [0.1, 0.15) is 11.6 Å². The van der Waals surface area contributed by atoms with Crippen LogP contribution in [0.1, 0.15) is 22.5 Å². The highest BCUT2D eigenvalue weighted by Crippen LogP contribution is 2.18. The second-order valence-corrected chi connectivity index (χ2v) is 6.17. The van der Waals surface area contributed by atoms with Crippen molar-refractivity contribution < 1.29 is 9.53 Å². The third kappa shape index (κ3) is 4.41. The van der Waals surface area contributed by atoms with Gasteiger partial charge >= 0.3 is 0 Å². The second-order valence-electron chi connectivity index (χ2n) is 6.17. The van der Waals surface area contributed by atoms with E-state index in [1.54, 1.807) is 19.5 Å². The van der Waals surface area contributed by atoms with Crippen LogP contribution in [-0.4, -0.2) is 28.8 Å². The van der Waals surface area contributed by atoms with Gasteiger partial charge in [-0.2, -0.15) is 5.10 Å². The average Bonchev–Trinajstić information content (AvgIpc) is 2.96. The van der Waals surface area contributed by atoms with Crippen LogP contribution in [0.5, 0.6) is 5.75 Å². The second kappa shape index (κ2) is 8.31. The van der Waals surface area contributed by atoms with Gasteiger partial charge in [-0.15, -0.1) is 0 Å². The number of aromatic nitrogens is 2.